The molecule has 4 heterocycles. The van der Waals surface area contributed by atoms with Crippen LogP contribution in [-0.2, 0) is 20.9 Å². The topological polar surface area (TPSA) is 131 Å². The molecular formula is C35H34N4O8. The van der Waals surface area contributed by atoms with Crippen LogP contribution < -0.4 is 26.3 Å². The summed E-state index contributed by atoms with van der Waals surface area (Å²) in [5.74, 6) is 1.38. The molecule has 3 aliphatic heterocycles. The Balaban J connectivity index is 1.05. The maximum absolute atomic E-state index is 13.7. The lowest BCUT2D eigenvalue weighted by Gasteiger charge is -2.36. The fourth-order valence-electron chi connectivity index (χ4n) is 6.77. The Morgan fingerprint density at radius 1 is 0.894 bits per heavy atom. The van der Waals surface area contributed by atoms with Gasteiger partial charge in [0, 0.05) is 6.54 Å². The number of rotatable bonds is 9. The third-order valence-corrected chi connectivity index (χ3v) is 9.16. The van der Waals surface area contributed by atoms with Crippen molar-refractivity contribution >= 4 is 0 Å². The molecule has 1 aliphatic carbocycles. The second kappa shape index (κ2) is 12.0. The number of hydrogen-bond donors (Lipinski definition) is 2. The summed E-state index contributed by atoms with van der Waals surface area (Å²) in [6, 6.07) is 25.3. The molecule has 0 bridgehead atoms. The minimum Gasteiger partial charge on any atom is -0.497 e. The molecule has 2 N–H and O–H groups in total. The van der Waals surface area contributed by atoms with Gasteiger partial charge in [-0.3, -0.25) is 10.3 Å². The predicted octanol–water partition coefficient (Wildman–Crippen LogP) is 2.82. The highest BCUT2D eigenvalue weighted by Crippen LogP contribution is 2.46. The van der Waals surface area contributed by atoms with Gasteiger partial charge in [-0.15, -0.1) is 0 Å². The van der Waals surface area contributed by atoms with E-state index < -0.39 is 47.9 Å². The molecule has 0 unspecified atom stereocenters. The lowest BCUT2D eigenvalue weighted by molar-refractivity contribution is -0.103. The molecule has 12 nitrogen and oxygen atoms in total. The number of ether oxygens (including phenoxy) is 4. The molecule has 12 heteroatoms. The van der Waals surface area contributed by atoms with Crippen molar-refractivity contribution < 1.29 is 28.9 Å². The zero-order valence-electron chi connectivity index (χ0n) is 25.5. The number of hydroxylamine groups is 1. The van der Waals surface area contributed by atoms with Crippen LogP contribution in [0.2, 0.25) is 0 Å². The Morgan fingerprint density at radius 3 is 2.36 bits per heavy atom. The number of epoxide rings is 1. The SMILES string of the molecule is COc1ccc(O[C@H]2C=C[C@@H](c3ccccc3)O[C@@H]2CONC2=C3CCn4c(=O)n(-c5ccccc5)c(=O)n4[C@H]3[C@H](O)[C@@H]3O[C@H]23)cc1. The van der Waals surface area contributed by atoms with Gasteiger partial charge in [-0.05, 0) is 60.0 Å². The summed E-state index contributed by atoms with van der Waals surface area (Å²) in [5, 5.41) is 11.3. The summed E-state index contributed by atoms with van der Waals surface area (Å²) in [6.45, 7) is 0.382. The molecule has 8 rings (SSSR count). The van der Waals surface area contributed by atoms with Crippen molar-refractivity contribution in [1.82, 2.24) is 19.4 Å². The van der Waals surface area contributed by atoms with Gasteiger partial charge in [-0.1, -0.05) is 54.6 Å². The van der Waals surface area contributed by atoms with E-state index in [2.05, 4.69) is 5.48 Å². The first kappa shape index (κ1) is 29.5. The summed E-state index contributed by atoms with van der Waals surface area (Å²) in [5.41, 5.74) is 5.02. The number of nitrogens with one attached hydrogen (secondary N) is 1. The van der Waals surface area contributed by atoms with Crippen LogP contribution in [0.25, 0.3) is 5.69 Å². The van der Waals surface area contributed by atoms with Crippen molar-refractivity contribution in [1.29, 1.82) is 0 Å². The largest absolute Gasteiger partial charge is 0.497 e. The van der Waals surface area contributed by atoms with E-state index in [4.69, 9.17) is 23.8 Å². The third-order valence-electron chi connectivity index (χ3n) is 9.16. The van der Waals surface area contributed by atoms with Crippen LogP contribution in [-0.4, -0.2) is 63.3 Å². The normalized spacial score (nSPS) is 27.4. The summed E-state index contributed by atoms with van der Waals surface area (Å²) in [6.07, 6.45) is 1.22. The van der Waals surface area contributed by atoms with Crippen molar-refractivity contribution in [2.24, 2.45) is 0 Å². The number of aliphatic hydroxyl groups excluding tert-OH is 1. The number of nitrogens with zero attached hydrogens (tertiary/aromatic N) is 3. The first-order valence-corrected chi connectivity index (χ1v) is 15.7. The highest BCUT2D eigenvalue weighted by Gasteiger charge is 2.57. The monoisotopic (exact) mass is 638 g/mol. The molecule has 0 amide bonds. The Bertz CT molecular complexity index is 1930. The van der Waals surface area contributed by atoms with Gasteiger partial charge in [-0.25, -0.2) is 23.5 Å². The van der Waals surface area contributed by atoms with E-state index in [0.717, 1.165) is 21.5 Å². The van der Waals surface area contributed by atoms with Crippen molar-refractivity contribution in [3.05, 3.63) is 135 Å². The Labute approximate surface area is 269 Å². The Kier molecular flexibility index (Phi) is 7.57. The maximum atomic E-state index is 13.7. The first-order chi connectivity index (χ1) is 23.0. The van der Waals surface area contributed by atoms with Crippen LogP contribution >= 0.6 is 0 Å². The number of methoxy groups -OCH3 is 1. The van der Waals surface area contributed by atoms with Gasteiger partial charge in [0.2, 0.25) is 0 Å². The quantitative estimate of drug-likeness (QED) is 0.162. The van der Waals surface area contributed by atoms with E-state index in [9.17, 15) is 14.7 Å². The number of hydrogen-bond acceptors (Lipinski definition) is 9. The van der Waals surface area contributed by atoms with Gasteiger partial charge in [-0.2, -0.15) is 0 Å². The van der Waals surface area contributed by atoms with E-state index in [1.807, 2.05) is 72.8 Å². The van der Waals surface area contributed by atoms with Crippen molar-refractivity contribution in [3.63, 3.8) is 0 Å². The zero-order chi connectivity index (χ0) is 32.1. The van der Waals surface area contributed by atoms with Gasteiger partial charge < -0.3 is 24.1 Å². The molecular weight excluding hydrogens is 604 g/mol. The van der Waals surface area contributed by atoms with Crippen LogP contribution in [0.3, 0.4) is 0 Å². The van der Waals surface area contributed by atoms with Crippen LogP contribution in [0, 0.1) is 0 Å². The summed E-state index contributed by atoms with van der Waals surface area (Å²) < 4.78 is 27.8. The molecule has 1 aromatic heterocycles. The average molecular weight is 639 g/mol. The number of aromatic nitrogens is 3. The lowest BCUT2D eigenvalue weighted by atomic mass is 9.86. The van der Waals surface area contributed by atoms with Crippen LogP contribution in [0.15, 0.2) is 118 Å². The van der Waals surface area contributed by atoms with Crippen LogP contribution in [0.1, 0.15) is 24.1 Å². The van der Waals surface area contributed by atoms with Crippen molar-refractivity contribution in [3.8, 4) is 17.2 Å². The number of aliphatic hydroxyl groups is 1. The Morgan fingerprint density at radius 2 is 1.62 bits per heavy atom. The minimum atomic E-state index is -1.00. The average Bonchev–Trinajstić information content (AvgIpc) is 3.88. The number of fused-ring (bicyclic) bond motifs is 4. The fraction of sp³-hybridized carbons (Fsp3) is 0.314. The van der Waals surface area contributed by atoms with E-state index in [0.29, 0.717) is 23.6 Å². The summed E-state index contributed by atoms with van der Waals surface area (Å²) >= 11 is 0. The van der Waals surface area contributed by atoms with Crippen LogP contribution in [0.5, 0.6) is 11.5 Å². The van der Waals surface area contributed by atoms with E-state index >= 15 is 0 Å². The molecule has 3 aromatic carbocycles. The molecule has 7 atom stereocenters. The van der Waals surface area contributed by atoms with Crippen molar-refractivity contribution in [2.75, 3.05) is 13.7 Å². The predicted molar refractivity (Wildman–Crippen MR) is 169 cm³/mol. The van der Waals surface area contributed by atoms with Crippen LogP contribution in [0.4, 0.5) is 0 Å². The molecule has 4 aliphatic rings. The van der Waals surface area contributed by atoms with Gasteiger partial charge in [0.15, 0.2) is 0 Å². The zero-order valence-corrected chi connectivity index (χ0v) is 25.5. The third kappa shape index (κ3) is 5.28. The van der Waals surface area contributed by atoms with Gasteiger partial charge in [0.05, 0.1) is 18.5 Å². The molecule has 0 saturated carbocycles. The van der Waals surface area contributed by atoms with Crippen molar-refractivity contribution in [2.45, 2.75) is 55.6 Å². The number of benzene rings is 3. The summed E-state index contributed by atoms with van der Waals surface area (Å²) in [7, 11) is 1.61. The molecule has 4 aromatic rings. The smallest absolute Gasteiger partial charge is 0.352 e. The van der Waals surface area contributed by atoms with E-state index in [1.165, 1.54) is 9.36 Å². The maximum Gasteiger partial charge on any atom is 0.352 e. The molecule has 1 fully saturated rings. The minimum absolute atomic E-state index is 0.116. The van der Waals surface area contributed by atoms with Gasteiger partial charge in [0.1, 0.15) is 60.8 Å². The van der Waals surface area contributed by atoms with E-state index in [1.54, 1.807) is 31.4 Å². The number of para-hydroxylation sites is 1. The highest BCUT2D eigenvalue weighted by molar-refractivity contribution is 5.36. The molecule has 0 spiro atoms. The molecule has 1 saturated heterocycles. The van der Waals surface area contributed by atoms with Gasteiger partial charge >= 0.3 is 11.4 Å². The second-order valence-corrected chi connectivity index (χ2v) is 11.9. The lowest BCUT2D eigenvalue weighted by Crippen LogP contribution is -2.48. The highest BCUT2D eigenvalue weighted by atomic mass is 16.7. The standard InChI is InChI=1S/C35H34N4O8/c1-43-23-12-14-24(15-13-23)45-27-17-16-26(21-8-4-2-5-9-21)46-28(27)20-44-36-29-25-18-19-37-34(41)38(22-10-6-3-7-11-22)35(42)39(37)30(25)31(40)33-32(29)47-33/h2-17,26-28,30-33,36,40H,18-20H2,1H3/t26-,27-,28+,30+,31-,32+,33-/m0/s1. The summed E-state index contributed by atoms with van der Waals surface area (Å²) in [4.78, 5) is 33.2. The first-order valence-electron chi connectivity index (χ1n) is 15.7. The molecule has 0 radical (unpaired) electrons. The Hall–Kier alpha value is -4.88. The van der Waals surface area contributed by atoms with Gasteiger partial charge in [0.25, 0.3) is 0 Å². The van der Waals surface area contributed by atoms with E-state index in [-0.39, 0.29) is 19.3 Å². The second-order valence-electron chi connectivity index (χ2n) is 11.9. The molecule has 47 heavy (non-hydrogen) atoms. The fourth-order valence-corrected chi connectivity index (χ4v) is 6.77. The molecule has 242 valence electrons.